The van der Waals surface area contributed by atoms with Gasteiger partial charge >= 0.3 is 127 Å². The summed E-state index contributed by atoms with van der Waals surface area (Å²) in [5.74, 6) is 0. The van der Waals surface area contributed by atoms with E-state index in [0.29, 0.717) is 0 Å². The molecule has 0 rings (SSSR count). The Hall–Kier alpha value is 1.00. The maximum Gasteiger partial charge on any atom is 3.00 e. The Labute approximate surface area is 125 Å². The maximum atomic E-state index is 8.58. The Bertz CT molecular complexity index is 480. The molecule has 0 aliphatic rings. The van der Waals surface area contributed by atoms with E-state index in [0.717, 1.165) is 0 Å². The third kappa shape index (κ3) is 2930. The molecule has 0 bridgehead atoms. The maximum absolute atomic E-state index is 8.58. The quantitative estimate of drug-likeness (QED) is 0.288. The summed E-state index contributed by atoms with van der Waals surface area (Å²) in [7, 11) is 0. The summed E-state index contributed by atoms with van der Waals surface area (Å²) in [5.41, 5.74) is 0. The minimum absolute atomic E-state index is 0. The van der Waals surface area contributed by atoms with Gasteiger partial charge in [0.25, 0.3) is 0 Å². The van der Waals surface area contributed by atoms with E-state index in [4.69, 9.17) is 47.1 Å². The average molecular weight is 498 g/mol. The first-order valence-corrected chi connectivity index (χ1v) is 7.63. The Balaban J connectivity index is -0.0000000655. The molecule has 0 saturated carbocycles. The van der Waals surface area contributed by atoms with Crippen LogP contribution in [-0.4, -0.2) is 0 Å². The van der Waals surface area contributed by atoms with Crippen LogP contribution in [0.4, 0.5) is 0 Å². The van der Waals surface area contributed by atoms with Gasteiger partial charge in [-0.3, -0.25) is 0 Å². The zero-order valence-electron chi connectivity index (χ0n) is 6.61. The topological polar surface area (TPSA) is 223 Å². The summed E-state index contributed by atoms with van der Waals surface area (Å²) in [6.45, 7) is 0. The van der Waals surface area contributed by atoms with E-state index in [1.54, 1.807) is 0 Å². The molecule has 0 aliphatic heterocycles. The van der Waals surface area contributed by atoms with Crippen molar-refractivity contribution in [3.05, 3.63) is 0 Å². The molecule has 0 fully saturated rings. The van der Waals surface area contributed by atoms with Gasteiger partial charge in [0, 0.05) is 0 Å². The first kappa shape index (κ1) is 25.8. The molecule has 12 nitrogen and oxygen atoms in total. The fraction of sp³-hybridized carbons (Fsp3) is 0. The Kier molecular flexibility index (Phi) is 16.1. The molecule has 0 aromatic heterocycles. The van der Waals surface area contributed by atoms with Crippen LogP contribution in [0.25, 0.3) is 0 Å². The molecular formula is Mn3O12Pr. The molecule has 0 amide bonds. The molecule has 0 N–H and O–H groups in total. The van der Waals surface area contributed by atoms with E-state index in [9.17, 15) is 0 Å². The molecule has 0 unspecified atom stereocenters. The molecule has 16 heteroatoms. The van der Waals surface area contributed by atoms with E-state index >= 15 is 0 Å². The summed E-state index contributed by atoms with van der Waals surface area (Å²) >= 11 is -16.9. The molecule has 0 aromatic carbocycles. The van der Waals surface area contributed by atoms with Crippen LogP contribution in [0.2, 0.25) is 0 Å². The van der Waals surface area contributed by atoms with Gasteiger partial charge in [0.2, 0.25) is 0 Å². The molecule has 0 aliphatic carbocycles. The van der Waals surface area contributed by atoms with Crippen LogP contribution in [0, 0.1) is 41.3 Å². The van der Waals surface area contributed by atoms with Gasteiger partial charge in [-0.2, -0.15) is 0 Å². The third-order valence-electron chi connectivity index (χ3n) is 0. The molecule has 96 valence electrons. The summed E-state index contributed by atoms with van der Waals surface area (Å²) in [5, 5.41) is 0. The van der Waals surface area contributed by atoms with Crippen molar-refractivity contribution < 1.29 is 127 Å². The summed E-state index contributed by atoms with van der Waals surface area (Å²) in [4.78, 5) is 0. The largest absolute Gasteiger partial charge is 3.00 e. The van der Waals surface area contributed by atoms with E-state index < -0.39 is 38.9 Å². The van der Waals surface area contributed by atoms with Gasteiger partial charge in [-0.05, 0) is 0 Å². The molecule has 0 heterocycles. The van der Waals surface area contributed by atoms with Crippen LogP contribution in [0.15, 0.2) is 0 Å². The predicted octanol–water partition coefficient (Wildman–Crippen LogP) is -4.64. The summed E-state index contributed by atoms with van der Waals surface area (Å²) in [6, 6.07) is 0. The Morgan fingerprint density at radius 3 is 0.438 bits per heavy atom. The minimum Gasteiger partial charge on any atom is 3.00 e. The van der Waals surface area contributed by atoms with E-state index in [1.807, 2.05) is 0 Å². The van der Waals surface area contributed by atoms with Crippen LogP contribution < -0.4 is 12.6 Å². The first-order chi connectivity index (χ1) is 6.00. The second-order valence-electron chi connectivity index (χ2n) is 1.13. The first-order valence-electron chi connectivity index (χ1n) is 1.85. The van der Waals surface area contributed by atoms with Crippen molar-refractivity contribution in [3.63, 3.8) is 0 Å². The predicted molar refractivity (Wildman–Crippen MR) is 6.18 cm³/mol. The van der Waals surface area contributed by atoms with Crippen LogP contribution in [-0.2, 0) is 73.4 Å². The van der Waals surface area contributed by atoms with Crippen molar-refractivity contribution in [2.45, 2.75) is 0 Å². The number of hydrogen-bond donors (Lipinski definition) is 0. The van der Waals surface area contributed by atoms with Gasteiger partial charge in [0.05, 0.1) is 0 Å². The normalized spacial score (nSPS) is 10.7. The summed E-state index contributed by atoms with van der Waals surface area (Å²) < 4.78 is 103. The molecule has 0 saturated heterocycles. The van der Waals surface area contributed by atoms with Crippen molar-refractivity contribution in [2.75, 3.05) is 0 Å². The van der Waals surface area contributed by atoms with E-state index in [2.05, 4.69) is 0 Å². The Morgan fingerprint density at radius 1 is 0.438 bits per heavy atom. The molecule has 0 radical (unpaired) electrons. The average Bonchev–Trinajstić information content (AvgIpc) is 1.41. The SMILES string of the molecule is [O]=[Mn](=[O])(=[O])[O-].[O]=[Mn](=[O])(=[O])[O-].[O]=[Mn](=[O])(=[O])[O-].[Pr+3]. The van der Waals surface area contributed by atoms with Crippen molar-refractivity contribution in [3.8, 4) is 0 Å². The van der Waals surface area contributed by atoms with Crippen LogP contribution in [0.1, 0.15) is 0 Å². The number of hydrogen-bond acceptors (Lipinski definition) is 12. The van der Waals surface area contributed by atoms with Crippen LogP contribution in [0.3, 0.4) is 0 Å². The van der Waals surface area contributed by atoms with Crippen molar-refractivity contribution >= 4 is 0 Å². The van der Waals surface area contributed by atoms with Gasteiger partial charge in [-0.25, -0.2) is 0 Å². The monoisotopic (exact) mass is 498 g/mol. The zero-order valence-corrected chi connectivity index (χ0v) is 13.9. The molecule has 0 atom stereocenters. The Morgan fingerprint density at radius 2 is 0.438 bits per heavy atom. The molecule has 16 heavy (non-hydrogen) atoms. The van der Waals surface area contributed by atoms with Gasteiger partial charge in [-0.15, -0.1) is 0 Å². The van der Waals surface area contributed by atoms with E-state index in [1.165, 1.54) is 0 Å². The van der Waals surface area contributed by atoms with Gasteiger partial charge < -0.3 is 0 Å². The van der Waals surface area contributed by atoms with Gasteiger partial charge in [0.1, 0.15) is 0 Å². The zero-order chi connectivity index (χ0) is 13.5. The van der Waals surface area contributed by atoms with Crippen LogP contribution in [0.5, 0.6) is 0 Å². The van der Waals surface area contributed by atoms with Crippen molar-refractivity contribution in [2.24, 2.45) is 0 Å². The van der Waals surface area contributed by atoms with Crippen molar-refractivity contribution in [1.82, 2.24) is 0 Å². The summed E-state index contributed by atoms with van der Waals surface area (Å²) in [6.07, 6.45) is 0. The van der Waals surface area contributed by atoms with Gasteiger partial charge in [0.15, 0.2) is 0 Å². The van der Waals surface area contributed by atoms with Gasteiger partial charge in [-0.1, -0.05) is 0 Å². The molecular weight excluding hydrogens is 498 g/mol. The van der Waals surface area contributed by atoms with Crippen LogP contribution >= 0.6 is 0 Å². The smallest absolute Gasteiger partial charge is 3.00 e. The minimum atomic E-state index is -5.62. The van der Waals surface area contributed by atoms with E-state index in [-0.39, 0.29) is 41.3 Å². The standard InChI is InChI=1S/3Mn.12O.Pr/q;;;;;;;;;;;;3*-1;+3. The fourth-order valence-electron chi connectivity index (χ4n) is 0. The number of rotatable bonds is 0. The second kappa shape index (κ2) is 9.97. The third-order valence-corrected chi connectivity index (χ3v) is 0. The fourth-order valence-corrected chi connectivity index (χ4v) is 0. The molecule has 0 spiro atoms. The molecule has 0 aromatic rings. The second-order valence-corrected chi connectivity index (χ2v) is 4.68. The van der Waals surface area contributed by atoms with Crippen molar-refractivity contribution in [1.29, 1.82) is 0 Å².